The molecule has 0 aromatic heterocycles. The van der Waals surface area contributed by atoms with Crippen LogP contribution in [0.1, 0.15) is 49.9 Å². The summed E-state index contributed by atoms with van der Waals surface area (Å²) in [5.74, 6) is 1.76. The lowest BCUT2D eigenvalue weighted by Crippen LogP contribution is -2.48. The summed E-state index contributed by atoms with van der Waals surface area (Å²) in [6, 6.07) is 12.6. The van der Waals surface area contributed by atoms with Crippen LogP contribution in [0.5, 0.6) is 11.5 Å². The molecular formula is C28H39N3O3S. The monoisotopic (exact) mass is 497 g/mol. The standard InChI is InChI=1S/C28H39N3O3S/c1-6-33-23-9-10-26-24(18-23)25(19-28(4,5)34-26)31(12-11-30-13-15-32-16-14-30)27(35)29-22-8-7-20(2)21(3)17-22/h7-10,17-18,25H,6,11-16,19H2,1-5H3,(H,29,35). The van der Waals surface area contributed by atoms with Gasteiger partial charge in [-0.3, -0.25) is 4.90 Å². The molecule has 2 aromatic rings. The van der Waals surface area contributed by atoms with Crippen molar-refractivity contribution in [3.63, 3.8) is 0 Å². The highest BCUT2D eigenvalue weighted by molar-refractivity contribution is 7.80. The third-order valence-electron chi connectivity index (χ3n) is 6.88. The van der Waals surface area contributed by atoms with Crippen molar-refractivity contribution in [1.82, 2.24) is 9.80 Å². The zero-order valence-electron chi connectivity index (χ0n) is 21.7. The second kappa shape index (κ2) is 11.1. The van der Waals surface area contributed by atoms with Crippen molar-refractivity contribution in [3.05, 3.63) is 53.1 Å². The van der Waals surface area contributed by atoms with Gasteiger partial charge in [-0.15, -0.1) is 0 Å². The van der Waals surface area contributed by atoms with Crippen LogP contribution in [-0.2, 0) is 4.74 Å². The van der Waals surface area contributed by atoms with Crippen molar-refractivity contribution in [2.45, 2.75) is 52.7 Å². The largest absolute Gasteiger partial charge is 0.494 e. The molecule has 0 saturated carbocycles. The molecule has 0 aliphatic carbocycles. The molecule has 1 fully saturated rings. The molecule has 0 amide bonds. The first-order valence-electron chi connectivity index (χ1n) is 12.7. The Bertz CT molecular complexity index is 1040. The van der Waals surface area contributed by atoms with E-state index >= 15 is 0 Å². The number of hydrogen-bond acceptors (Lipinski definition) is 5. The number of rotatable bonds is 7. The molecule has 7 heteroatoms. The molecule has 190 valence electrons. The number of benzene rings is 2. The van der Waals surface area contributed by atoms with Crippen LogP contribution < -0.4 is 14.8 Å². The molecule has 1 saturated heterocycles. The van der Waals surface area contributed by atoms with E-state index < -0.39 is 0 Å². The van der Waals surface area contributed by atoms with Crippen molar-refractivity contribution in [3.8, 4) is 11.5 Å². The van der Waals surface area contributed by atoms with Gasteiger partial charge < -0.3 is 24.4 Å². The fourth-order valence-electron chi connectivity index (χ4n) is 4.82. The first-order chi connectivity index (χ1) is 16.8. The molecular weight excluding hydrogens is 458 g/mol. The Kier molecular flexibility index (Phi) is 8.19. The minimum Gasteiger partial charge on any atom is -0.494 e. The Balaban J connectivity index is 1.65. The summed E-state index contributed by atoms with van der Waals surface area (Å²) in [4.78, 5) is 4.80. The molecule has 2 aliphatic rings. The van der Waals surface area contributed by atoms with Crippen molar-refractivity contribution >= 4 is 23.0 Å². The summed E-state index contributed by atoms with van der Waals surface area (Å²) in [5, 5.41) is 4.27. The van der Waals surface area contributed by atoms with E-state index in [0.29, 0.717) is 6.61 Å². The van der Waals surface area contributed by atoms with Crippen LogP contribution in [0.15, 0.2) is 36.4 Å². The van der Waals surface area contributed by atoms with Crippen molar-refractivity contribution in [2.24, 2.45) is 0 Å². The number of ether oxygens (including phenoxy) is 3. The van der Waals surface area contributed by atoms with Gasteiger partial charge in [0.1, 0.15) is 17.1 Å². The number of thiocarbonyl (C=S) groups is 1. The Morgan fingerprint density at radius 3 is 2.63 bits per heavy atom. The molecule has 2 aromatic carbocycles. The van der Waals surface area contributed by atoms with Crippen LogP contribution in [0.3, 0.4) is 0 Å². The third-order valence-corrected chi connectivity index (χ3v) is 7.22. The van der Waals surface area contributed by atoms with Crippen LogP contribution >= 0.6 is 12.2 Å². The van der Waals surface area contributed by atoms with Crippen LogP contribution in [0, 0.1) is 13.8 Å². The van der Waals surface area contributed by atoms with Gasteiger partial charge >= 0.3 is 0 Å². The van der Waals surface area contributed by atoms with Gasteiger partial charge in [0.05, 0.1) is 25.9 Å². The Labute approximate surface area is 215 Å². The van der Waals surface area contributed by atoms with Crippen LogP contribution in [-0.4, -0.2) is 66.5 Å². The lowest BCUT2D eigenvalue weighted by Gasteiger charge is -2.44. The van der Waals surface area contributed by atoms with Crippen LogP contribution in [0.4, 0.5) is 5.69 Å². The molecule has 35 heavy (non-hydrogen) atoms. The summed E-state index contributed by atoms with van der Waals surface area (Å²) in [6.45, 7) is 16.4. The van der Waals surface area contributed by atoms with E-state index in [1.807, 2.05) is 19.1 Å². The average molecular weight is 498 g/mol. The zero-order valence-corrected chi connectivity index (χ0v) is 22.5. The highest BCUT2D eigenvalue weighted by Crippen LogP contribution is 2.44. The van der Waals surface area contributed by atoms with Gasteiger partial charge in [-0.2, -0.15) is 0 Å². The first-order valence-corrected chi connectivity index (χ1v) is 13.1. The van der Waals surface area contributed by atoms with E-state index in [1.165, 1.54) is 11.1 Å². The van der Waals surface area contributed by atoms with E-state index in [2.05, 4.69) is 67.1 Å². The number of anilines is 1. The second-order valence-electron chi connectivity index (χ2n) is 10.1. The number of nitrogens with one attached hydrogen (secondary N) is 1. The SMILES string of the molecule is CCOc1ccc2c(c1)C(N(CCN1CCOCC1)C(=S)Nc1ccc(C)c(C)c1)CC(C)(C)O2. The molecule has 0 spiro atoms. The summed E-state index contributed by atoms with van der Waals surface area (Å²) >= 11 is 6.07. The summed E-state index contributed by atoms with van der Waals surface area (Å²) < 4.78 is 17.8. The first kappa shape index (κ1) is 25.7. The molecule has 6 nitrogen and oxygen atoms in total. The second-order valence-corrected chi connectivity index (χ2v) is 10.5. The van der Waals surface area contributed by atoms with E-state index in [-0.39, 0.29) is 11.6 Å². The van der Waals surface area contributed by atoms with Gasteiger partial charge in [0.2, 0.25) is 0 Å². The van der Waals surface area contributed by atoms with Crippen LogP contribution in [0.25, 0.3) is 0 Å². The minimum atomic E-state index is -0.307. The molecule has 0 bridgehead atoms. The number of morpholine rings is 1. The maximum Gasteiger partial charge on any atom is 0.173 e. The van der Waals surface area contributed by atoms with Crippen molar-refractivity contribution in [2.75, 3.05) is 51.3 Å². The fourth-order valence-corrected chi connectivity index (χ4v) is 5.15. The topological polar surface area (TPSA) is 46.2 Å². The summed E-state index contributed by atoms with van der Waals surface area (Å²) in [7, 11) is 0. The Morgan fingerprint density at radius 1 is 1.14 bits per heavy atom. The zero-order chi connectivity index (χ0) is 25.0. The normalized spacial score (nSPS) is 19.4. The minimum absolute atomic E-state index is 0.0711. The molecule has 1 atom stereocenters. The molecule has 1 N–H and O–H groups in total. The van der Waals surface area contributed by atoms with Crippen LogP contribution in [0.2, 0.25) is 0 Å². The lowest BCUT2D eigenvalue weighted by molar-refractivity contribution is 0.0266. The van der Waals surface area contributed by atoms with E-state index in [1.54, 1.807) is 0 Å². The number of hydrogen-bond donors (Lipinski definition) is 1. The van der Waals surface area contributed by atoms with Gasteiger partial charge in [-0.1, -0.05) is 6.07 Å². The van der Waals surface area contributed by atoms with Gasteiger partial charge in [-0.05, 0) is 88.3 Å². The van der Waals surface area contributed by atoms with E-state index in [0.717, 1.165) is 73.7 Å². The fraction of sp³-hybridized carbons (Fsp3) is 0.536. The number of fused-ring (bicyclic) bond motifs is 1. The lowest BCUT2D eigenvalue weighted by atomic mass is 9.88. The Hall–Kier alpha value is -2.35. The molecule has 2 heterocycles. The maximum absolute atomic E-state index is 6.38. The molecule has 2 aliphatic heterocycles. The summed E-state index contributed by atoms with van der Waals surface area (Å²) in [6.07, 6.45) is 0.827. The molecule has 1 unspecified atom stereocenters. The molecule has 0 radical (unpaired) electrons. The van der Waals surface area contributed by atoms with Crippen molar-refractivity contribution < 1.29 is 14.2 Å². The van der Waals surface area contributed by atoms with Gasteiger partial charge in [0.25, 0.3) is 0 Å². The number of nitrogens with zero attached hydrogens (tertiary/aromatic N) is 2. The van der Waals surface area contributed by atoms with Gasteiger partial charge in [-0.25, -0.2) is 0 Å². The maximum atomic E-state index is 6.38. The Morgan fingerprint density at radius 2 is 1.91 bits per heavy atom. The average Bonchev–Trinajstić information content (AvgIpc) is 2.82. The predicted molar refractivity (Wildman–Crippen MR) is 146 cm³/mol. The number of aryl methyl sites for hydroxylation is 2. The summed E-state index contributed by atoms with van der Waals surface area (Å²) in [5.41, 5.74) is 4.36. The molecule has 4 rings (SSSR count). The van der Waals surface area contributed by atoms with E-state index in [9.17, 15) is 0 Å². The highest BCUT2D eigenvalue weighted by Gasteiger charge is 2.38. The predicted octanol–water partition coefficient (Wildman–Crippen LogP) is 5.34. The smallest absolute Gasteiger partial charge is 0.173 e. The van der Waals surface area contributed by atoms with E-state index in [4.69, 9.17) is 26.4 Å². The van der Waals surface area contributed by atoms with Crippen molar-refractivity contribution in [1.29, 1.82) is 0 Å². The van der Waals surface area contributed by atoms with Gasteiger partial charge in [0, 0.05) is 43.9 Å². The quantitative estimate of drug-likeness (QED) is 0.519. The third kappa shape index (κ3) is 6.46. The van der Waals surface area contributed by atoms with Gasteiger partial charge in [0.15, 0.2) is 5.11 Å². The highest BCUT2D eigenvalue weighted by atomic mass is 32.1.